The highest BCUT2D eigenvalue weighted by Gasteiger charge is 2.56. The number of carbonyl (C=O) groups excluding carboxylic acids is 2. The van der Waals surface area contributed by atoms with Crippen LogP contribution in [0, 0.1) is 35.0 Å². The van der Waals surface area contributed by atoms with Crippen molar-refractivity contribution in [1.82, 2.24) is 0 Å². The summed E-state index contributed by atoms with van der Waals surface area (Å²) in [6, 6.07) is 6.13. The zero-order valence-electron chi connectivity index (χ0n) is 18.3. The Morgan fingerprint density at radius 3 is 2.47 bits per heavy atom. The van der Waals surface area contributed by atoms with Crippen molar-refractivity contribution in [2.45, 2.75) is 63.2 Å². The Balaban J connectivity index is 1.31. The molecule has 7 heteroatoms. The van der Waals surface area contributed by atoms with E-state index in [0.29, 0.717) is 30.6 Å². The van der Waals surface area contributed by atoms with Crippen molar-refractivity contribution in [1.29, 1.82) is 0 Å². The molecule has 0 amide bonds. The Morgan fingerprint density at radius 1 is 1.00 bits per heavy atom. The Bertz CT molecular complexity index is 1080. The standard InChI is InChI=1S/C25H29BrO5S/c1-25-13-12-17(27)14-15(25)2-7-21-19-8-9-22(20(19)10-11-23(21)25)24(28)31-32(29,30)18-5-3-16(26)4-6-18/h3-6,14,19-23H,2,7-13H2,1H3/t19-,20?,21?,22+,23+,25+/m1/s1. The second-order valence-corrected chi connectivity index (χ2v) is 12.7. The number of fused-ring (bicyclic) bond motifs is 5. The molecule has 0 aromatic heterocycles. The number of carbonyl (C=O) groups is 2. The number of benzene rings is 1. The van der Waals surface area contributed by atoms with Crippen molar-refractivity contribution in [3.63, 3.8) is 0 Å². The normalized spacial score (nSPS) is 36.5. The Morgan fingerprint density at radius 2 is 1.72 bits per heavy atom. The van der Waals surface area contributed by atoms with Crippen molar-refractivity contribution in [2.75, 3.05) is 0 Å². The fraction of sp³-hybridized carbons (Fsp3) is 0.600. The average molecular weight is 521 g/mol. The first-order valence-electron chi connectivity index (χ1n) is 11.7. The first-order chi connectivity index (χ1) is 15.2. The van der Waals surface area contributed by atoms with Crippen LogP contribution in [-0.2, 0) is 23.9 Å². The van der Waals surface area contributed by atoms with Gasteiger partial charge in [0.2, 0.25) is 0 Å². The molecule has 3 saturated carbocycles. The fourth-order valence-corrected chi connectivity index (χ4v) is 8.50. The van der Waals surface area contributed by atoms with Crippen molar-refractivity contribution in [2.24, 2.45) is 35.0 Å². The smallest absolute Gasteiger partial charge is 0.341 e. The fourth-order valence-electron chi connectivity index (χ4n) is 7.33. The van der Waals surface area contributed by atoms with Gasteiger partial charge in [0.1, 0.15) is 4.90 Å². The lowest BCUT2D eigenvalue weighted by molar-refractivity contribution is -0.141. The van der Waals surface area contributed by atoms with E-state index < -0.39 is 16.1 Å². The Hall–Kier alpha value is -1.47. The molecule has 4 aliphatic rings. The number of allylic oxidation sites excluding steroid dienone is 1. The largest absolute Gasteiger partial charge is 0.342 e. The van der Waals surface area contributed by atoms with Gasteiger partial charge in [-0.3, -0.25) is 9.59 Å². The van der Waals surface area contributed by atoms with Gasteiger partial charge >= 0.3 is 16.1 Å². The molecule has 1 aromatic rings. The SMILES string of the molecule is C[C@]12CCC(=O)C=C1CCC1[C@@H]3CC[C@H](C(=O)OS(=O)(=O)c4ccc(Br)cc4)C3CC[C@@H]12. The second kappa shape index (κ2) is 8.08. The Labute approximate surface area is 198 Å². The van der Waals surface area contributed by atoms with Crippen LogP contribution in [-0.4, -0.2) is 20.2 Å². The number of hydrogen-bond donors (Lipinski definition) is 0. The van der Waals surface area contributed by atoms with Crippen LogP contribution >= 0.6 is 15.9 Å². The average Bonchev–Trinajstić information content (AvgIpc) is 3.19. The van der Waals surface area contributed by atoms with Gasteiger partial charge in [0.15, 0.2) is 5.78 Å². The quantitative estimate of drug-likeness (QED) is 0.495. The van der Waals surface area contributed by atoms with E-state index in [9.17, 15) is 18.0 Å². The van der Waals surface area contributed by atoms with Crippen molar-refractivity contribution in [3.8, 4) is 0 Å². The zero-order valence-corrected chi connectivity index (χ0v) is 20.7. The third-order valence-electron chi connectivity index (χ3n) is 8.88. The highest BCUT2D eigenvalue weighted by Crippen LogP contribution is 2.62. The lowest BCUT2D eigenvalue weighted by Gasteiger charge is -2.55. The highest BCUT2D eigenvalue weighted by atomic mass is 79.9. The van der Waals surface area contributed by atoms with E-state index in [4.69, 9.17) is 4.18 Å². The van der Waals surface area contributed by atoms with E-state index in [1.807, 2.05) is 6.08 Å². The maximum Gasteiger partial charge on any atom is 0.341 e. The van der Waals surface area contributed by atoms with E-state index >= 15 is 0 Å². The minimum absolute atomic E-state index is 0.00123. The van der Waals surface area contributed by atoms with Gasteiger partial charge in [-0.15, -0.1) is 0 Å². The molecule has 0 spiro atoms. The Kier molecular flexibility index (Phi) is 5.64. The summed E-state index contributed by atoms with van der Waals surface area (Å²) in [6.45, 7) is 2.34. The molecule has 5 rings (SSSR count). The molecule has 3 fully saturated rings. The summed E-state index contributed by atoms with van der Waals surface area (Å²) < 4.78 is 31.2. The number of rotatable bonds is 3. The van der Waals surface area contributed by atoms with Gasteiger partial charge in [-0.2, -0.15) is 8.42 Å². The first kappa shape index (κ1) is 22.3. The molecule has 0 bridgehead atoms. The van der Waals surface area contributed by atoms with Crippen LogP contribution in [0.1, 0.15) is 58.3 Å². The van der Waals surface area contributed by atoms with Crippen molar-refractivity contribution < 1.29 is 22.2 Å². The lowest BCUT2D eigenvalue weighted by atomic mass is 9.49. The summed E-state index contributed by atoms with van der Waals surface area (Å²) in [5.74, 6) is 1.07. The molecule has 6 atom stereocenters. The van der Waals surface area contributed by atoms with Gasteiger partial charge in [-0.1, -0.05) is 28.4 Å². The number of halogens is 1. The van der Waals surface area contributed by atoms with Crippen LogP contribution in [0.4, 0.5) is 0 Å². The molecule has 4 aliphatic carbocycles. The summed E-state index contributed by atoms with van der Waals surface area (Å²) >= 11 is 3.29. The maximum atomic E-state index is 13.0. The van der Waals surface area contributed by atoms with Crippen LogP contribution in [0.3, 0.4) is 0 Å². The number of ketones is 1. The third-order valence-corrected chi connectivity index (χ3v) is 10.6. The van der Waals surface area contributed by atoms with E-state index in [0.717, 1.165) is 43.0 Å². The molecular formula is C25H29BrO5S. The van der Waals surface area contributed by atoms with Gasteiger partial charge in [0, 0.05) is 10.9 Å². The molecule has 0 saturated heterocycles. The van der Waals surface area contributed by atoms with E-state index in [2.05, 4.69) is 22.9 Å². The first-order valence-corrected chi connectivity index (χ1v) is 13.9. The molecule has 0 heterocycles. The summed E-state index contributed by atoms with van der Waals surface area (Å²) in [6.07, 6.45) is 9.15. The molecular weight excluding hydrogens is 492 g/mol. The van der Waals surface area contributed by atoms with Crippen molar-refractivity contribution >= 4 is 37.8 Å². The minimum Gasteiger partial charge on any atom is -0.342 e. The molecule has 5 nitrogen and oxygen atoms in total. The van der Waals surface area contributed by atoms with Crippen LogP contribution in [0.15, 0.2) is 45.3 Å². The molecule has 0 N–H and O–H groups in total. The lowest BCUT2D eigenvalue weighted by Crippen LogP contribution is -2.47. The summed E-state index contributed by atoms with van der Waals surface area (Å²) in [4.78, 5) is 25.0. The zero-order chi connectivity index (χ0) is 22.7. The predicted molar refractivity (Wildman–Crippen MR) is 123 cm³/mol. The van der Waals surface area contributed by atoms with E-state index in [-0.39, 0.29) is 27.9 Å². The summed E-state index contributed by atoms with van der Waals surface area (Å²) in [7, 11) is -4.12. The van der Waals surface area contributed by atoms with Gasteiger partial charge < -0.3 is 4.18 Å². The third kappa shape index (κ3) is 3.69. The molecule has 172 valence electrons. The molecule has 2 unspecified atom stereocenters. The van der Waals surface area contributed by atoms with E-state index in [1.54, 1.807) is 12.1 Å². The molecule has 0 radical (unpaired) electrons. The van der Waals surface area contributed by atoms with Crippen LogP contribution in [0.25, 0.3) is 0 Å². The van der Waals surface area contributed by atoms with Gasteiger partial charge in [0.05, 0.1) is 5.92 Å². The maximum absolute atomic E-state index is 13.0. The highest BCUT2D eigenvalue weighted by molar-refractivity contribution is 9.10. The topological polar surface area (TPSA) is 77.5 Å². The minimum atomic E-state index is -4.12. The molecule has 0 aliphatic heterocycles. The summed E-state index contributed by atoms with van der Waals surface area (Å²) in [5.41, 5.74) is 1.44. The second-order valence-electron chi connectivity index (χ2n) is 10.3. The van der Waals surface area contributed by atoms with Crippen molar-refractivity contribution in [3.05, 3.63) is 40.4 Å². The van der Waals surface area contributed by atoms with E-state index in [1.165, 1.54) is 17.7 Å². The summed E-state index contributed by atoms with van der Waals surface area (Å²) in [5, 5.41) is 0. The van der Waals surface area contributed by atoms with Crippen LogP contribution in [0.2, 0.25) is 0 Å². The van der Waals surface area contributed by atoms with Gasteiger partial charge in [-0.05, 0) is 104 Å². The van der Waals surface area contributed by atoms with Gasteiger partial charge in [0.25, 0.3) is 0 Å². The van der Waals surface area contributed by atoms with Gasteiger partial charge in [-0.25, -0.2) is 0 Å². The predicted octanol–water partition coefficient (Wildman–Crippen LogP) is 5.44. The molecule has 1 aromatic carbocycles. The van der Waals surface area contributed by atoms with Crippen LogP contribution in [0.5, 0.6) is 0 Å². The molecule has 32 heavy (non-hydrogen) atoms. The van der Waals surface area contributed by atoms with Crippen LogP contribution < -0.4 is 0 Å². The monoisotopic (exact) mass is 520 g/mol. The number of hydrogen-bond acceptors (Lipinski definition) is 5.